The summed E-state index contributed by atoms with van der Waals surface area (Å²) in [6.45, 7) is 2.74. The molecular formula is C21H21Cl2N7O2S. The maximum atomic E-state index is 12.1. The minimum absolute atomic E-state index is 0.499. The van der Waals surface area contributed by atoms with Crippen LogP contribution < -0.4 is 4.31 Å². The fourth-order valence-electron chi connectivity index (χ4n) is 3.97. The van der Waals surface area contributed by atoms with Crippen molar-refractivity contribution in [3.8, 4) is 11.3 Å². The van der Waals surface area contributed by atoms with Crippen molar-refractivity contribution < 1.29 is 8.42 Å². The van der Waals surface area contributed by atoms with Gasteiger partial charge in [-0.25, -0.2) is 23.1 Å². The highest BCUT2D eigenvalue weighted by atomic mass is 35.5. The van der Waals surface area contributed by atoms with E-state index in [1.165, 1.54) is 17.6 Å². The predicted molar refractivity (Wildman–Crippen MR) is 128 cm³/mol. The second-order valence-electron chi connectivity index (χ2n) is 7.99. The van der Waals surface area contributed by atoms with Crippen molar-refractivity contribution in [1.82, 2.24) is 29.0 Å². The first kappa shape index (κ1) is 22.1. The Kier molecular flexibility index (Phi) is 5.56. The zero-order chi connectivity index (χ0) is 23.3. The smallest absolute Gasteiger partial charge is 0.232 e. The first-order chi connectivity index (χ1) is 15.7. The molecule has 4 heterocycles. The number of sulfonamides is 1. The molecule has 0 fully saturated rings. The van der Waals surface area contributed by atoms with Crippen LogP contribution in [0, 0.1) is 0 Å². The van der Waals surface area contributed by atoms with Crippen LogP contribution in [0.4, 0.5) is 5.69 Å². The Morgan fingerprint density at radius 3 is 2.73 bits per heavy atom. The number of halogens is 2. The largest absolute Gasteiger partial charge is 0.300 e. The maximum absolute atomic E-state index is 12.1. The highest BCUT2D eigenvalue weighted by Crippen LogP contribution is 2.34. The number of anilines is 1. The van der Waals surface area contributed by atoms with E-state index in [0.717, 1.165) is 35.9 Å². The number of fused-ring (bicyclic) bond motifs is 2. The van der Waals surface area contributed by atoms with E-state index in [-0.39, 0.29) is 0 Å². The Hall–Kier alpha value is -2.66. The molecule has 0 N–H and O–H groups in total. The van der Waals surface area contributed by atoms with Crippen molar-refractivity contribution in [3.63, 3.8) is 0 Å². The fourth-order valence-corrected chi connectivity index (χ4v) is 4.96. The topological polar surface area (TPSA) is 88.6 Å². The maximum Gasteiger partial charge on any atom is 0.232 e. The van der Waals surface area contributed by atoms with Crippen LogP contribution in [0.25, 0.3) is 16.9 Å². The molecule has 1 aliphatic heterocycles. The van der Waals surface area contributed by atoms with E-state index < -0.39 is 10.0 Å². The summed E-state index contributed by atoms with van der Waals surface area (Å²) in [4.78, 5) is 11.4. The van der Waals surface area contributed by atoms with Crippen LogP contribution in [-0.4, -0.2) is 57.3 Å². The minimum Gasteiger partial charge on any atom is -0.300 e. The van der Waals surface area contributed by atoms with Gasteiger partial charge in [0.25, 0.3) is 0 Å². The summed E-state index contributed by atoms with van der Waals surface area (Å²) in [5.74, 6) is 0.902. The number of rotatable bonds is 5. The van der Waals surface area contributed by atoms with E-state index in [4.69, 9.17) is 28.2 Å². The third kappa shape index (κ3) is 4.19. The number of imidazole rings is 1. The summed E-state index contributed by atoms with van der Waals surface area (Å²) >= 11 is 12.7. The first-order valence-corrected chi connectivity index (χ1v) is 12.8. The number of nitrogens with zero attached hydrogens (tertiary/aromatic N) is 7. The lowest BCUT2D eigenvalue weighted by molar-refractivity contribution is 0.199. The second-order valence-corrected chi connectivity index (χ2v) is 10.8. The highest BCUT2D eigenvalue weighted by Gasteiger charge is 2.24. The van der Waals surface area contributed by atoms with Gasteiger partial charge in [0, 0.05) is 36.9 Å². The normalized spacial score (nSPS) is 14.5. The van der Waals surface area contributed by atoms with Crippen molar-refractivity contribution in [2.75, 3.05) is 24.2 Å². The van der Waals surface area contributed by atoms with E-state index in [0.29, 0.717) is 34.5 Å². The van der Waals surface area contributed by atoms with Gasteiger partial charge in [-0.3, -0.25) is 13.6 Å². The summed E-state index contributed by atoms with van der Waals surface area (Å²) in [7, 11) is -1.88. The molecule has 0 saturated carbocycles. The Labute approximate surface area is 201 Å². The molecule has 0 atom stereocenters. The molecule has 9 nitrogen and oxygen atoms in total. The molecule has 0 unspecified atom stereocenters. The van der Waals surface area contributed by atoms with E-state index in [1.807, 2.05) is 15.1 Å². The molecule has 5 rings (SSSR count). The Balaban J connectivity index is 1.64. The summed E-state index contributed by atoms with van der Waals surface area (Å²) in [5.41, 5.74) is 3.61. The molecule has 0 radical (unpaired) electrons. The Bertz CT molecular complexity index is 1460. The van der Waals surface area contributed by atoms with Gasteiger partial charge in [0.15, 0.2) is 0 Å². The third-order valence-corrected chi connectivity index (χ3v) is 7.56. The van der Waals surface area contributed by atoms with Crippen LogP contribution in [0.2, 0.25) is 10.0 Å². The van der Waals surface area contributed by atoms with Crippen molar-refractivity contribution in [3.05, 3.63) is 64.4 Å². The van der Waals surface area contributed by atoms with Crippen molar-refractivity contribution >= 4 is 44.6 Å². The molecule has 0 bridgehead atoms. The predicted octanol–water partition coefficient (Wildman–Crippen LogP) is 3.31. The highest BCUT2D eigenvalue weighted by molar-refractivity contribution is 7.92. The third-order valence-electron chi connectivity index (χ3n) is 5.81. The number of hydrogen-bond donors (Lipinski definition) is 0. The van der Waals surface area contributed by atoms with Crippen LogP contribution in [-0.2, 0) is 29.7 Å². The molecule has 0 spiro atoms. The Morgan fingerprint density at radius 1 is 1.15 bits per heavy atom. The summed E-state index contributed by atoms with van der Waals surface area (Å²) in [5, 5.41) is 5.29. The van der Waals surface area contributed by atoms with E-state index in [1.54, 1.807) is 36.8 Å². The van der Waals surface area contributed by atoms with Gasteiger partial charge in [-0.15, -0.1) is 0 Å². The molecular weight excluding hydrogens is 485 g/mol. The van der Waals surface area contributed by atoms with Crippen LogP contribution in [0.1, 0.15) is 11.5 Å². The van der Waals surface area contributed by atoms with E-state index in [2.05, 4.69) is 15.0 Å². The van der Waals surface area contributed by atoms with Gasteiger partial charge >= 0.3 is 0 Å². The molecule has 12 heteroatoms. The molecule has 33 heavy (non-hydrogen) atoms. The van der Waals surface area contributed by atoms with Gasteiger partial charge in [-0.1, -0.05) is 23.2 Å². The Morgan fingerprint density at radius 2 is 1.97 bits per heavy atom. The van der Waals surface area contributed by atoms with E-state index >= 15 is 0 Å². The molecule has 3 aromatic heterocycles. The van der Waals surface area contributed by atoms with Crippen LogP contribution >= 0.6 is 23.2 Å². The summed E-state index contributed by atoms with van der Waals surface area (Å²) in [6, 6.07) is 8.87. The number of pyridine rings is 1. The number of hydrogen-bond acceptors (Lipinski definition) is 6. The second kappa shape index (κ2) is 8.28. The van der Waals surface area contributed by atoms with Crippen molar-refractivity contribution in [1.29, 1.82) is 0 Å². The SMILES string of the molecule is CN(c1ccc2nc(-c3ccc(Cl)cc3Cl)c(CN3CCn4ncnc4C3)n2c1)S(C)(=O)=O. The van der Waals surface area contributed by atoms with Crippen LogP contribution in [0.15, 0.2) is 42.9 Å². The van der Waals surface area contributed by atoms with Gasteiger partial charge < -0.3 is 0 Å². The van der Waals surface area contributed by atoms with E-state index in [9.17, 15) is 8.42 Å². The minimum atomic E-state index is -3.41. The summed E-state index contributed by atoms with van der Waals surface area (Å²) in [6.07, 6.45) is 4.53. The fraction of sp³-hybridized carbons (Fsp3) is 0.286. The molecule has 172 valence electrons. The average molecular weight is 506 g/mol. The van der Waals surface area contributed by atoms with Gasteiger partial charge in [0.2, 0.25) is 10.0 Å². The van der Waals surface area contributed by atoms with Gasteiger partial charge in [0.1, 0.15) is 17.8 Å². The standard InChI is InChI=1S/C21H21Cl2N7O2S/c1-27(33(2,31)32)15-4-6-19-26-21(16-5-3-14(22)9-17(16)23)18(29(19)10-15)11-28-7-8-30-20(12-28)24-13-25-30/h3-6,9-10,13H,7-8,11-12H2,1-2H3. The molecule has 1 aliphatic rings. The quantitative estimate of drug-likeness (QED) is 0.413. The van der Waals surface area contributed by atoms with Gasteiger partial charge in [0.05, 0.1) is 41.4 Å². The first-order valence-electron chi connectivity index (χ1n) is 10.2. The van der Waals surface area contributed by atoms with Crippen molar-refractivity contribution in [2.24, 2.45) is 0 Å². The van der Waals surface area contributed by atoms with Crippen LogP contribution in [0.5, 0.6) is 0 Å². The van der Waals surface area contributed by atoms with Gasteiger partial charge in [-0.05, 0) is 30.3 Å². The monoisotopic (exact) mass is 505 g/mol. The average Bonchev–Trinajstić information content (AvgIpc) is 3.37. The molecule has 0 aliphatic carbocycles. The lowest BCUT2D eigenvalue weighted by atomic mass is 10.1. The van der Waals surface area contributed by atoms with Crippen LogP contribution in [0.3, 0.4) is 0 Å². The van der Waals surface area contributed by atoms with Crippen molar-refractivity contribution in [2.45, 2.75) is 19.6 Å². The zero-order valence-corrected chi connectivity index (χ0v) is 20.3. The van der Waals surface area contributed by atoms with Gasteiger partial charge in [-0.2, -0.15) is 5.10 Å². The lowest BCUT2D eigenvalue weighted by Gasteiger charge is -2.27. The lowest BCUT2D eigenvalue weighted by Crippen LogP contribution is -2.34. The zero-order valence-electron chi connectivity index (χ0n) is 18.0. The molecule has 1 aromatic carbocycles. The summed E-state index contributed by atoms with van der Waals surface area (Å²) < 4.78 is 29.3. The molecule has 0 amide bonds. The molecule has 0 saturated heterocycles. The molecule has 4 aromatic rings. The number of benzene rings is 1. The number of aromatic nitrogens is 5.